The van der Waals surface area contributed by atoms with Gasteiger partial charge in [-0.25, -0.2) is 9.97 Å². The molecule has 4 aromatic rings. The highest BCUT2D eigenvalue weighted by molar-refractivity contribution is 5.95. The second-order valence-electron chi connectivity index (χ2n) is 7.86. The van der Waals surface area contributed by atoms with Crippen molar-refractivity contribution in [3.8, 4) is 22.9 Å². The fourth-order valence-electron chi connectivity index (χ4n) is 4.07. The highest BCUT2D eigenvalue weighted by Gasteiger charge is 2.21. The number of para-hydroxylation sites is 1. The SMILES string of the molecule is O=C(N[C@H]1CCCc2ccccc21)c1ccc(-c2cnc(Oc3ccccc3)nc2)cc1. The largest absolute Gasteiger partial charge is 0.424 e. The molecule has 0 unspecified atom stereocenters. The first kappa shape index (κ1) is 19.9. The molecule has 1 amide bonds. The third kappa shape index (κ3) is 4.37. The van der Waals surface area contributed by atoms with Gasteiger partial charge >= 0.3 is 6.01 Å². The first-order valence-electron chi connectivity index (χ1n) is 10.8. The summed E-state index contributed by atoms with van der Waals surface area (Å²) in [4.78, 5) is 21.4. The first-order chi connectivity index (χ1) is 15.8. The van der Waals surface area contributed by atoms with Crippen LogP contribution in [-0.4, -0.2) is 15.9 Å². The van der Waals surface area contributed by atoms with Gasteiger partial charge in [-0.15, -0.1) is 0 Å². The quantitative estimate of drug-likeness (QED) is 0.446. The Bertz CT molecular complexity index is 1210. The number of carbonyl (C=O) groups is 1. The normalized spacial score (nSPS) is 14.9. The Morgan fingerprint density at radius 1 is 0.844 bits per heavy atom. The summed E-state index contributed by atoms with van der Waals surface area (Å²) in [6, 6.07) is 25.7. The number of aryl methyl sites for hydroxylation is 1. The van der Waals surface area contributed by atoms with E-state index in [-0.39, 0.29) is 11.9 Å². The molecule has 5 rings (SSSR count). The fourth-order valence-corrected chi connectivity index (χ4v) is 4.07. The average Bonchev–Trinajstić information content (AvgIpc) is 2.85. The zero-order valence-corrected chi connectivity index (χ0v) is 17.6. The lowest BCUT2D eigenvalue weighted by molar-refractivity contribution is 0.0933. The minimum Gasteiger partial charge on any atom is -0.424 e. The van der Waals surface area contributed by atoms with E-state index in [9.17, 15) is 4.79 Å². The van der Waals surface area contributed by atoms with Crippen LogP contribution in [-0.2, 0) is 6.42 Å². The van der Waals surface area contributed by atoms with E-state index in [4.69, 9.17) is 4.74 Å². The van der Waals surface area contributed by atoms with Gasteiger partial charge < -0.3 is 10.1 Å². The number of amides is 1. The molecule has 0 radical (unpaired) electrons. The van der Waals surface area contributed by atoms with Crippen molar-refractivity contribution in [3.05, 3.63) is 108 Å². The summed E-state index contributed by atoms with van der Waals surface area (Å²) in [5, 5.41) is 3.20. The van der Waals surface area contributed by atoms with Gasteiger partial charge in [0, 0.05) is 23.5 Å². The molecular weight excluding hydrogens is 398 g/mol. The van der Waals surface area contributed by atoms with E-state index in [0.29, 0.717) is 17.3 Å². The van der Waals surface area contributed by atoms with E-state index in [2.05, 4.69) is 33.5 Å². The van der Waals surface area contributed by atoms with Crippen molar-refractivity contribution in [2.45, 2.75) is 25.3 Å². The molecule has 1 N–H and O–H groups in total. The number of fused-ring (bicyclic) bond motifs is 1. The van der Waals surface area contributed by atoms with Gasteiger partial charge in [-0.1, -0.05) is 54.6 Å². The number of nitrogens with zero attached hydrogens (tertiary/aromatic N) is 2. The highest BCUT2D eigenvalue weighted by atomic mass is 16.5. The third-order valence-electron chi connectivity index (χ3n) is 5.74. The number of hydrogen-bond acceptors (Lipinski definition) is 4. The van der Waals surface area contributed by atoms with Crippen molar-refractivity contribution >= 4 is 5.91 Å². The van der Waals surface area contributed by atoms with E-state index in [0.717, 1.165) is 30.4 Å². The maximum atomic E-state index is 12.8. The molecule has 1 aliphatic carbocycles. The number of hydrogen-bond donors (Lipinski definition) is 1. The fraction of sp³-hybridized carbons (Fsp3) is 0.148. The van der Waals surface area contributed by atoms with Crippen molar-refractivity contribution in [1.29, 1.82) is 0 Å². The second-order valence-corrected chi connectivity index (χ2v) is 7.86. The summed E-state index contributed by atoms with van der Waals surface area (Å²) in [6.07, 6.45) is 6.58. The molecular formula is C27H23N3O2. The lowest BCUT2D eigenvalue weighted by Crippen LogP contribution is -2.30. The van der Waals surface area contributed by atoms with Crippen LogP contribution < -0.4 is 10.1 Å². The Labute approximate surface area is 187 Å². The molecule has 1 aromatic heterocycles. The van der Waals surface area contributed by atoms with Gasteiger partial charge in [0.25, 0.3) is 5.91 Å². The topological polar surface area (TPSA) is 64.1 Å². The predicted octanol–water partition coefficient (Wildman–Crippen LogP) is 5.74. The molecule has 0 saturated carbocycles. The molecule has 1 atom stereocenters. The summed E-state index contributed by atoms with van der Waals surface area (Å²) in [5.74, 6) is 0.636. The van der Waals surface area contributed by atoms with Crippen LogP contribution in [0.1, 0.15) is 40.4 Å². The molecule has 0 fully saturated rings. The summed E-state index contributed by atoms with van der Waals surface area (Å²) in [6.45, 7) is 0. The summed E-state index contributed by atoms with van der Waals surface area (Å²) in [7, 11) is 0. The molecule has 1 aliphatic rings. The zero-order valence-electron chi connectivity index (χ0n) is 17.6. The number of aromatic nitrogens is 2. The van der Waals surface area contributed by atoms with Gasteiger partial charge in [-0.05, 0) is 60.2 Å². The van der Waals surface area contributed by atoms with Crippen LogP contribution in [0.4, 0.5) is 0 Å². The smallest absolute Gasteiger partial charge is 0.321 e. The number of carbonyl (C=O) groups excluding carboxylic acids is 1. The summed E-state index contributed by atoms with van der Waals surface area (Å²) < 4.78 is 5.64. The van der Waals surface area contributed by atoms with E-state index >= 15 is 0 Å². The van der Waals surface area contributed by atoms with Crippen molar-refractivity contribution < 1.29 is 9.53 Å². The Balaban J connectivity index is 1.26. The Kier molecular flexibility index (Phi) is 5.62. The first-order valence-corrected chi connectivity index (χ1v) is 10.8. The Hall–Kier alpha value is -3.99. The standard InChI is InChI=1S/C27H23N3O2/c31-26(30-25-12-6-8-20-7-4-5-11-24(20)25)21-15-13-19(14-16-21)22-17-28-27(29-18-22)32-23-9-2-1-3-10-23/h1-5,7,9-11,13-18,25H,6,8,12H2,(H,30,31)/t25-/m0/s1. The molecule has 1 heterocycles. The van der Waals surface area contributed by atoms with Crippen LogP contribution in [0.15, 0.2) is 91.3 Å². The van der Waals surface area contributed by atoms with Crippen molar-refractivity contribution in [3.63, 3.8) is 0 Å². The molecule has 0 spiro atoms. The van der Waals surface area contributed by atoms with Crippen LogP contribution in [0.3, 0.4) is 0 Å². The molecule has 0 bridgehead atoms. The molecule has 32 heavy (non-hydrogen) atoms. The van der Waals surface area contributed by atoms with E-state index in [1.807, 2.05) is 60.7 Å². The molecule has 3 aromatic carbocycles. The maximum absolute atomic E-state index is 12.8. The number of benzene rings is 3. The summed E-state index contributed by atoms with van der Waals surface area (Å²) >= 11 is 0. The van der Waals surface area contributed by atoms with Crippen molar-refractivity contribution in [2.24, 2.45) is 0 Å². The summed E-state index contributed by atoms with van der Waals surface area (Å²) in [5.41, 5.74) is 5.01. The molecule has 0 aliphatic heterocycles. The van der Waals surface area contributed by atoms with E-state index in [1.54, 1.807) is 12.4 Å². The molecule has 5 heteroatoms. The Morgan fingerprint density at radius 2 is 1.56 bits per heavy atom. The van der Waals surface area contributed by atoms with Gasteiger partial charge in [-0.2, -0.15) is 0 Å². The lowest BCUT2D eigenvalue weighted by Gasteiger charge is -2.26. The number of rotatable bonds is 5. The minimum absolute atomic E-state index is 0.0545. The van der Waals surface area contributed by atoms with Crippen LogP contribution in [0.2, 0.25) is 0 Å². The van der Waals surface area contributed by atoms with E-state index in [1.165, 1.54) is 11.1 Å². The maximum Gasteiger partial charge on any atom is 0.321 e. The number of ether oxygens (including phenoxy) is 1. The van der Waals surface area contributed by atoms with Gasteiger partial charge in [0.05, 0.1) is 6.04 Å². The monoisotopic (exact) mass is 421 g/mol. The van der Waals surface area contributed by atoms with Crippen molar-refractivity contribution in [2.75, 3.05) is 0 Å². The van der Waals surface area contributed by atoms with Crippen LogP contribution in [0.25, 0.3) is 11.1 Å². The van der Waals surface area contributed by atoms with Gasteiger partial charge in [0.1, 0.15) is 5.75 Å². The van der Waals surface area contributed by atoms with Gasteiger partial charge in [-0.3, -0.25) is 4.79 Å². The third-order valence-corrected chi connectivity index (χ3v) is 5.74. The van der Waals surface area contributed by atoms with Gasteiger partial charge in [0.2, 0.25) is 0 Å². The van der Waals surface area contributed by atoms with Crippen molar-refractivity contribution in [1.82, 2.24) is 15.3 Å². The average molecular weight is 422 g/mol. The predicted molar refractivity (Wildman–Crippen MR) is 124 cm³/mol. The zero-order chi connectivity index (χ0) is 21.8. The van der Waals surface area contributed by atoms with E-state index < -0.39 is 0 Å². The minimum atomic E-state index is -0.0545. The van der Waals surface area contributed by atoms with Crippen LogP contribution in [0, 0.1) is 0 Å². The number of nitrogens with one attached hydrogen (secondary N) is 1. The molecule has 5 nitrogen and oxygen atoms in total. The van der Waals surface area contributed by atoms with Crippen LogP contribution in [0.5, 0.6) is 11.8 Å². The Morgan fingerprint density at radius 3 is 2.34 bits per heavy atom. The molecule has 0 saturated heterocycles. The molecule has 158 valence electrons. The highest BCUT2D eigenvalue weighted by Crippen LogP contribution is 2.30. The van der Waals surface area contributed by atoms with Crippen LogP contribution >= 0.6 is 0 Å². The van der Waals surface area contributed by atoms with Gasteiger partial charge in [0.15, 0.2) is 0 Å². The lowest BCUT2D eigenvalue weighted by atomic mass is 9.87. The second kappa shape index (κ2) is 9.02.